The summed E-state index contributed by atoms with van der Waals surface area (Å²) in [6, 6.07) is 14.3. The molecule has 2 aliphatic rings. The Morgan fingerprint density at radius 3 is 1.67 bits per heavy atom. The molecular formula is C48H61N13O5. The highest BCUT2D eigenvalue weighted by atomic mass is 16.6. The van der Waals surface area contributed by atoms with Crippen LogP contribution < -0.4 is 10.1 Å². The van der Waals surface area contributed by atoms with Crippen molar-refractivity contribution in [2.75, 3.05) is 38.6 Å². The van der Waals surface area contributed by atoms with E-state index in [-0.39, 0.29) is 24.0 Å². The Hall–Kier alpha value is -6.98. The van der Waals surface area contributed by atoms with E-state index in [1.807, 2.05) is 109 Å². The van der Waals surface area contributed by atoms with Gasteiger partial charge in [-0.2, -0.15) is 29.4 Å². The number of aryl methyl sites for hydroxylation is 2. The van der Waals surface area contributed by atoms with Crippen molar-refractivity contribution in [3.63, 3.8) is 0 Å². The lowest BCUT2D eigenvalue weighted by atomic mass is 9.94. The average molecular weight is 900 g/mol. The Kier molecular flexibility index (Phi) is 13.0. The molecule has 2 amide bonds. The summed E-state index contributed by atoms with van der Waals surface area (Å²) in [5.41, 5.74) is 7.18. The van der Waals surface area contributed by atoms with Crippen molar-refractivity contribution < 1.29 is 23.8 Å². The van der Waals surface area contributed by atoms with Gasteiger partial charge in [-0.05, 0) is 72.8 Å². The minimum atomic E-state index is -0.522. The van der Waals surface area contributed by atoms with E-state index in [9.17, 15) is 9.59 Å². The number of carbonyl (C=O) groups excluding carboxylic acids is 2. The van der Waals surface area contributed by atoms with Gasteiger partial charge in [0.2, 0.25) is 5.88 Å². The maximum atomic E-state index is 12.8. The highest BCUT2D eigenvalue weighted by Crippen LogP contribution is 2.34. The summed E-state index contributed by atoms with van der Waals surface area (Å²) in [7, 11) is 5.40. The minimum absolute atomic E-state index is 0.0989. The van der Waals surface area contributed by atoms with Gasteiger partial charge in [0, 0.05) is 105 Å². The third-order valence-electron chi connectivity index (χ3n) is 11.5. The molecule has 0 aliphatic carbocycles. The molecule has 18 nitrogen and oxygen atoms in total. The van der Waals surface area contributed by atoms with E-state index in [4.69, 9.17) is 24.2 Å². The van der Waals surface area contributed by atoms with E-state index in [1.54, 1.807) is 43.2 Å². The van der Waals surface area contributed by atoms with Crippen LogP contribution in [0.15, 0.2) is 79.6 Å². The number of anilines is 1. The molecule has 6 aromatic heterocycles. The van der Waals surface area contributed by atoms with Crippen LogP contribution in [0.1, 0.15) is 96.0 Å². The van der Waals surface area contributed by atoms with Crippen LogP contribution in [-0.4, -0.2) is 115 Å². The average Bonchev–Trinajstić information content (AvgIpc) is 4.11. The van der Waals surface area contributed by atoms with Gasteiger partial charge in [-0.25, -0.2) is 19.6 Å². The third kappa shape index (κ3) is 10.6. The fourth-order valence-electron chi connectivity index (χ4n) is 8.36. The number of rotatable bonds is 8. The van der Waals surface area contributed by atoms with Crippen LogP contribution in [0.4, 0.5) is 15.4 Å². The van der Waals surface area contributed by atoms with Gasteiger partial charge >= 0.3 is 12.2 Å². The van der Waals surface area contributed by atoms with E-state index in [0.29, 0.717) is 44.3 Å². The van der Waals surface area contributed by atoms with Crippen molar-refractivity contribution in [1.29, 1.82) is 0 Å². The lowest BCUT2D eigenvalue weighted by Crippen LogP contribution is -2.42. The van der Waals surface area contributed by atoms with Crippen molar-refractivity contribution in [3.8, 4) is 28.1 Å². The van der Waals surface area contributed by atoms with Crippen molar-refractivity contribution in [3.05, 3.63) is 96.6 Å². The van der Waals surface area contributed by atoms with Crippen LogP contribution in [-0.2, 0) is 30.1 Å². The van der Waals surface area contributed by atoms with Crippen LogP contribution in [0, 0.1) is 0 Å². The molecule has 1 aromatic carbocycles. The van der Waals surface area contributed by atoms with Crippen molar-refractivity contribution in [1.82, 2.24) is 58.6 Å². The largest absolute Gasteiger partial charge is 0.481 e. The van der Waals surface area contributed by atoms with Crippen LogP contribution in [0.3, 0.4) is 0 Å². The predicted molar refractivity (Wildman–Crippen MR) is 250 cm³/mol. The second kappa shape index (κ2) is 18.9. The molecule has 0 spiro atoms. The van der Waals surface area contributed by atoms with Crippen molar-refractivity contribution in [2.45, 2.75) is 96.8 Å². The van der Waals surface area contributed by atoms with Gasteiger partial charge < -0.3 is 29.3 Å². The number of nitrogens with one attached hydrogen (secondary N) is 1. The molecule has 2 unspecified atom stereocenters. The molecule has 348 valence electrons. The molecule has 7 aromatic rings. The van der Waals surface area contributed by atoms with Crippen LogP contribution in [0.5, 0.6) is 5.88 Å². The van der Waals surface area contributed by atoms with Crippen LogP contribution in [0.25, 0.3) is 33.5 Å². The van der Waals surface area contributed by atoms with E-state index < -0.39 is 11.2 Å². The predicted octanol–water partition coefficient (Wildman–Crippen LogP) is 8.11. The lowest BCUT2D eigenvalue weighted by Gasteiger charge is -2.34. The van der Waals surface area contributed by atoms with Crippen molar-refractivity contribution in [2.24, 2.45) is 14.1 Å². The number of likely N-dealkylation sites (tertiary alicyclic amines) is 2. The lowest BCUT2D eigenvalue weighted by molar-refractivity contribution is 0.0187. The zero-order valence-electron chi connectivity index (χ0n) is 39.4. The zero-order chi connectivity index (χ0) is 46.8. The number of methoxy groups -OCH3 is 1. The number of piperidine rings is 2. The summed E-state index contributed by atoms with van der Waals surface area (Å²) in [6.45, 7) is 14.5. The second-order valence-corrected chi connectivity index (χ2v) is 19.1. The first-order valence-corrected chi connectivity index (χ1v) is 22.5. The summed E-state index contributed by atoms with van der Waals surface area (Å²) < 4.78 is 23.9. The fraction of sp³-hybridized carbons (Fsp3) is 0.458. The Bertz CT molecular complexity index is 2800. The Labute approximate surface area is 384 Å². The summed E-state index contributed by atoms with van der Waals surface area (Å²) >= 11 is 0. The standard InChI is InChI=1S/C27H33N7O2.C21H28N6O3/c1-27(2,3)36-26(35)33-12-8-11-20(18-33)23-13-24(28-14-19-9-6-5-7-10-19)34-25(31-23)22(16-30-34)21-15-29-32(4)17-21;1-21(2,3)30-20(28)26-8-6-7-14(13-26)17-9-18(29-5)27-19(24-17)16(11-23-27)15-10-22-25(4)12-15/h5-7,9-10,13,15-17,20,28H,8,11-12,14,18H2,1-4H3;9-12,14H,6-8,13H2,1-5H3. The number of fused-ring (bicyclic) bond motifs is 2. The van der Waals surface area contributed by atoms with Crippen molar-refractivity contribution >= 4 is 29.3 Å². The number of ether oxygens (including phenoxy) is 3. The topological polar surface area (TPSA) is 176 Å². The number of hydrogen-bond acceptors (Lipinski definition) is 12. The summed E-state index contributed by atoms with van der Waals surface area (Å²) in [6.07, 6.45) is 14.3. The molecule has 0 bridgehead atoms. The Morgan fingerprint density at radius 2 is 1.18 bits per heavy atom. The van der Waals surface area contributed by atoms with Gasteiger partial charge in [-0.1, -0.05) is 30.3 Å². The number of benzene rings is 1. The number of amides is 2. The normalized spacial score (nSPS) is 16.8. The first-order valence-electron chi connectivity index (χ1n) is 22.5. The zero-order valence-corrected chi connectivity index (χ0v) is 39.4. The fourth-order valence-corrected chi connectivity index (χ4v) is 8.36. The third-order valence-corrected chi connectivity index (χ3v) is 11.5. The number of hydrogen-bond donors (Lipinski definition) is 1. The van der Waals surface area contributed by atoms with E-state index >= 15 is 0 Å². The highest BCUT2D eigenvalue weighted by Gasteiger charge is 2.32. The summed E-state index contributed by atoms with van der Waals surface area (Å²) in [5, 5.41) is 21.2. The van der Waals surface area contributed by atoms with Gasteiger partial charge in [0.1, 0.15) is 17.0 Å². The Morgan fingerprint density at radius 1 is 0.682 bits per heavy atom. The molecule has 1 N–H and O–H groups in total. The molecule has 0 saturated carbocycles. The first-order chi connectivity index (χ1) is 31.5. The highest BCUT2D eigenvalue weighted by molar-refractivity contribution is 5.78. The van der Waals surface area contributed by atoms with Gasteiger partial charge in [-0.15, -0.1) is 0 Å². The number of aromatic nitrogens is 10. The molecule has 2 atom stereocenters. The van der Waals surface area contributed by atoms with Gasteiger partial charge in [0.25, 0.3) is 0 Å². The summed E-state index contributed by atoms with van der Waals surface area (Å²) in [5.74, 6) is 1.68. The van der Waals surface area contributed by atoms with E-state index in [1.165, 1.54) is 5.56 Å². The SMILES string of the molecule is COc1cc(C2CCCN(C(=O)OC(C)(C)C)C2)nc2c(-c3cnn(C)c3)cnn12.Cn1cc(-c2cnn3c(NCc4ccccc4)cc(C4CCCN(C(=O)OC(C)(C)C)C4)nc23)cn1. The molecule has 0 radical (unpaired) electrons. The maximum Gasteiger partial charge on any atom is 0.410 e. The monoisotopic (exact) mass is 899 g/mol. The molecule has 66 heavy (non-hydrogen) atoms. The second-order valence-electron chi connectivity index (χ2n) is 19.1. The summed E-state index contributed by atoms with van der Waals surface area (Å²) in [4.78, 5) is 38.9. The molecular weight excluding hydrogens is 839 g/mol. The molecule has 18 heteroatoms. The van der Waals surface area contributed by atoms with E-state index in [2.05, 4.69) is 43.9 Å². The Balaban J connectivity index is 0.000000182. The van der Waals surface area contributed by atoms with Gasteiger partial charge in [-0.3, -0.25) is 9.36 Å². The quantitative estimate of drug-likeness (QED) is 0.155. The molecule has 8 heterocycles. The number of carbonyl (C=O) groups is 2. The first kappa shape index (κ1) is 45.6. The molecule has 2 aliphatic heterocycles. The molecule has 2 fully saturated rings. The maximum absolute atomic E-state index is 12.8. The van der Waals surface area contributed by atoms with Gasteiger partial charge in [0.15, 0.2) is 11.3 Å². The van der Waals surface area contributed by atoms with Crippen LogP contribution >= 0.6 is 0 Å². The molecule has 2 saturated heterocycles. The van der Waals surface area contributed by atoms with E-state index in [0.717, 1.165) is 70.8 Å². The minimum Gasteiger partial charge on any atom is -0.481 e. The smallest absolute Gasteiger partial charge is 0.410 e. The molecule has 9 rings (SSSR count). The van der Waals surface area contributed by atoms with Crippen LogP contribution in [0.2, 0.25) is 0 Å². The van der Waals surface area contributed by atoms with Gasteiger partial charge in [0.05, 0.1) is 43.3 Å². The number of nitrogens with zero attached hydrogens (tertiary/aromatic N) is 12.